The Bertz CT molecular complexity index is 597. The van der Waals surface area contributed by atoms with Crippen molar-refractivity contribution in [2.24, 2.45) is 5.92 Å². The first-order valence-corrected chi connectivity index (χ1v) is 8.19. The van der Waals surface area contributed by atoms with Gasteiger partial charge in [0, 0.05) is 24.0 Å². The molecule has 1 amide bonds. The minimum Gasteiger partial charge on any atom is -0.481 e. The minimum atomic E-state index is -0.773. The summed E-state index contributed by atoms with van der Waals surface area (Å²) in [6, 6.07) is 0.311. The molecule has 0 bridgehead atoms. The maximum atomic E-state index is 12.3. The van der Waals surface area contributed by atoms with Gasteiger partial charge in [0.1, 0.15) is 0 Å². The van der Waals surface area contributed by atoms with E-state index in [0.29, 0.717) is 18.4 Å². The Morgan fingerprint density at radius 3 is 2.95 bits per heavy atom. The summed E-state index contributed by atoms with van der Waals surface area (Å²) < 4.78 is 0. The van der Waals surface area contributed by atoms with Crippen LogP contribution in [0.4, 0.5) is 0 Å². The molecular weight excluding hydrogens is 278 g/mol. The Morgan fingerprint density at radius 1 is 1.41 bits per heavy atom. The van der Waals surface area contributed by atoms with Gasteiger partial charge in [-0.3, -0.25) is 9.59 Å². The number of fused-ring (bicyclic) bond motifs is 1. The number of allylic oxidation sites excluding steroid dienone is 5. The van der Waals surface area contributed by atoms with Crippen LogP contribution in [0.2, 0.25) is 0 Å². The van der Waals surface area contributed by atoms with E-state index in [1.165, 1.54) is 12.8 Å². The molecule has 0 radical (unpaired) electrons. The number of hydrogen-bond acceptors (Lipinski definition) is 2. The van der Waals surface area contributed by atoms with Crippen molar-refractivity contribution >= 4 is 11.9 Å². The third-order valence-electron chi connectivity index (χ3n) is 5.15. The highest BCUT2D eigenvalue weighted by molar-refractivity contribution is 5.97. The third-order valence-corrected chi connectivity index (χ3v) is 5.15. The van der Waals surface area contributed by atoms with E-state index in [0.717, 1.165) is 41.6 Å². The van der Waals surface area contributed by atoms with Crippen LogP contribution in [0.25, 0.3) is 0 Å². The van der Waals surface area contributed by atoms with Crippen molar-refractivity contribution in [3.05, 3.63) is 34.4 Å². The highest BCUT2D eigenvalue weighted by Gasteiger charge is 2.38. The molecule has 1 heterocycles. The minimum absolute atomic E-state index is 0.0755. The SMILES string of the molecule is CC1=CCC(/C=C2\C(=O)NC3CCCCC23)=C1CCC(=O)O. The van der Waals surface area contributed by atoms with Crippen LogP contribution in [0, 0.1) is 5.92 Å². The van der Waals surface area contributed by atoms with Crippen molar-refractivity contribution in [2.45, 2.75) is 57.9 Å². The molecule has 4 heteroatoms. The van der Waals surface area contributed by atoms with Crippen LogP contribution in [0.3, 0.4) is 0 Å². The smallest absolute Gasteiger partial charge is 0.303 e. The van der Waals surface area contributed by atoms with Crippen molar-refractivity contribution in [2.75, 3.05) is 0 Å². The molecule has 0 spiro atoms. The van der Waals surface area contributed by atoms with Gasteiger partial charge < -0.3 is 10.4 Å². The number of rotatable bonds is 4. The molecule has 4 nitrogen and oxygen atoms in total. The molecule has 2 atom stereocenters. The third kappa shape index (κ3) is 2.87. The summed E-state index contributed by atoms with van der Waals surface area (Å²) in [5, 5.41) is 12.0. The van der Waals surface area contributed by atoms with E-state index < -0.39 is 5.97 Å². The quantitative estimate of drug-likeness (QED) is 0.784. The lowest BCUT2D eigenvalue weighted by atomic mass is 9.82. The number of carboxylic acid groups (broad SMARTS) is 1. The summed E-state index contributed by atoms with van der Waals surface area (Å²) in [5.74, 6) is -0.355. The molecule has 1 aliphatic heterocycles. The van der Waals surface area contributed by atoms with Crippen LogP contribution in [0.15, 0.2) is 34.4 Å². The van der Waals surface area contributed by atoms with Gasteiger partial charge >= 0.3 is 5.97 Å². The zero-order valence-corrected chi connectivity index (χ0v) is 13.0. The van der Waals surface area contributed by atoms with E-state index in [1.807, 2.05) is 6.92 Å². The lowest BCUT2D eigenvalue weighted by molar-refractivity contribution is -0.137. The first kappa shape index (κ1) is 15.1. The topological polar surface area (TPSA) is 66.4 Å². The fraction of sp³-hybridized carbons (Fsp3) is 0.556. The largest absolute Gasteiger partial charge is 0.481 e. The molecule has 2 aliphatic carbocycles. The highest BCUT2D eigenvalue weighted by atomic mass is 16.4. The Morgan fingerprint density at radius 2 is 2.18 bits per heavy atom. The van der Waals surface area contributed by atoms with E-state index in [1.54, 1.807) is 0 Å². The molecule has 3 aliphatic rings. The molecule has 0 aromatic rings. The van der Waals surface area contributed by atoms with Crippen LogP contribution < -0.4 is 5.32 Å². The summed E-state index contributed by atoms with van der Waals surface area (Å²) in [6.07, 6.45) is 10.2. The highest BCUT2D eigenvalue weighted by Crippen LogP contribution is 2.38. The predicted octanol–water partition coefficient (Wildman–Crippen LogP) is 3.11. The van der Waals surface area contributed by atoms with Crippen LogP contribution in [0.5, 0.6) is 0 Å². The molecule has 0 aromatic carbocycles. The summed E-state index contributed by atoms with van der Waals surface area (Å²) in [7, 11) is 0. The van der Waals surface area contributed by atoms with Gasteiger partial charge in [-0.25, -0.2) is 0 Å². The molecule has 2 N–H and O–H groups in total. The maximum Gasteiger partial charge on any atom is 0.303 e. The van der Waals surface area contributed by atoms with Crippen molar-refractivity contribution in [3.63, 3.8) is 0 Å². The number of carboxylic acids is 1. The van der Waals surface area contributed by atoms with Crippen LogP contribution in [-0.4, -0.2) is 23.0 Å². The molecule has 2 unspecified atom stereocenters. The second-order valence-corrected chi connectivity index (χ2v) is 6.56. The van der Waals surface area contributed by atoms with Crippen LogP contribution >= 0.6 is 0 Å². The van der Waals surface area contributed by atoms with Crippen molar-refractivity contribution in [1.29, 1.82) is 0 Å². The predicted molar refractivity (Wildman–Crippen MR) is 84.2 cm³/mol. The first-order valence-electron chi connectivity index (χ1n) is 8.19. The van der Waals surface area contributed by atoms with Gasteiger partial charge in [0.2, 0.25) is 5.91 Å². The number of aliphatic carboxylic acids is 1. The zero-order chi connectivity index (χ0) is 15.7. The Labute approximate surface area is 131 Å². The Kier molecular flexibility index (Phi) is 4.19. The molecule has 3 rings (SSSR count). The van der Waals surface area contributed by atoms with Crippen molar-refractivity contribution in [1.82, 2.24) is 5.32 Å². The molecule has 2 fully saturated rings. The van der Waals surface area contributed by atoms with E-state index >= 15 is 0 Å². The lowest BCUT2D eigenvalue weighted by Gasteiger charge is -2.24. The van der Waals surface area contributed by atoms with E-state index in [2.05, 4.69) is 17.5 Å². The Hall–Kier alpha value is -1.84. The van der Waals surface area contributed by atoms with Gasteiger partial charge in [0.25, 0.3) is 0 Å². The van der Waals surface area contributed by atoms with Crippen molar-refractivity contribution < 1.29 is 14.7 Å². The van der Waals surface area contributed by atoms with Gasteiger partial charge in [0.15, 0.2) is 0 Å². The van der Waals surface area contributed by atoms with Gasteiger partial charge in [-0.15, -0.1) is 0 Å². The van der Waals surface area contributed by atoms with Gasteiger partial charge in [-0.1, -0.05) is 24.5 Å². The summed E-state index contributed by atoms with van der Waals surface area (Å²) in [5.41, 5.74) is 4.32. The second kappa shape index (κ2) is 6.11. The molecule has 0 aromatic heterocycles. The molecular formula is C18H23NO3. The number of nitrogens with one attached hydrogen (secondary N) is 1. The number of amides is 1. The van der Waals surface area contributed by atoms with Gasteiger partial charge in [-0.2, -0.15) is 0 Å². The number of hydrogen-bond donors (Lipinski definition) is 2. The van der Waals surface area contributed by atoms with Crippen LogP contribution in [0.1, 0.15) is 51.9 Å². The van der Waals surface area contributed by atoms with Crippen LogP contribution in [-0.2, 0) is 9.59 Å². The average Bonchev–Trinajstić information content (AvgIpc) is 2.98. The zero-order valence-electron chi connectivity index (χ0n) is 13.0. The lowest BCUT2D eigenvalue weighted by Crippen LogP contribution is -2.30. The van der Waals surface area contributed by atoms with E-state index in [9.17, 15) is 9.59 Å². The molecule has 1 saturated heterocycles. The first-order chi connectivity index (χ1) is 10.6. The molecule has 22 heavy (non-hydrogen) atoms. The second-order valence-electron chi connectivity index (χ2n) is 6.56. The van der Waals surface area contributed by atoms with Gasteiger partial charge in [-0.05, 0) is 49.8 Å². The number of carbonyl (C=O) groups excluding carboxylic acids is 1. The Balaban J connectivity index is 1.85. The van der Waals surface area contributed by atoms with E-state index in [-0.39, 0.29) is 12.3 Å². The molecule has 1 saturated carbocycles. The maximum absolute atomic E-state index is 12.3. The number of carbonyl (C=O) groups is 2. The van der Waals surface area contributed by atoms with Gasteiger partial charge in [0.05, 0.1) is 0 Å². The normalized spacial score (nSPS) is 29.6. The fourth-order valence-electron chi connectivity index (χ4n) is 3.95. The van der Waals surface area contributed by atoms with E-state index in [4.69, 9.17) is 5.11 Å². The average molecular weight is 301 g/mol. The summed E-state index contributed by atoms with van der Waals surface area (Å²) >= 11 is 0. The molecule has 118 valence electrons. The van der Waals surface area contributed by atoms with Crippen molar-refractivity contribution in [3.8, 4) is 0 Å². The standard InChI is InChI=1S/C18H23NO3/c1-11-6-7-12(13(11)8-9-17(20)21)10-15-14-4-2-3-5-16(14)19-18(15)22/h6,10,14,16H,2-5,7-9H2,1H3,(H,19,22)(H,20,21)/b15-10-. The monoisotopic (exact) mass is 301 g/mol. The summed E-state index contributed by atoms with van der Waals surface area (Å²) in [4.78, 5) is 23.1. The summed E-state index contributed by atoms with van der Waals surface area (Å²) in [6.45, 7) is 2.03. The fourth-order valence-corrected chi connectivity index (χ4v) is 3.95.